The van der Waals surface area contributed by atoms with Crippen LogP contribution in [-0.4, -0.2) is 15.9 Å². The van der Waals surface area contributed by atoms with Crippen LogP contribution in [0.15, 0.2) is 53.1 Å². The summed E-state index contributed by atoms with van der Waals surface area (Å²) in [4.78, 5) is 22.8. The van der Waals surface area contributed by atoms with Crippen molar-refractivity contribution in [3.8, 4) is 0 Å². The maximum absolute atomic E-state index is 13.7. The molecule has 0 saturated carbocycles. The van der Waals surface area contributed by atoms with Crippen molar-refractivity contribution in [2.45, 2.75) is 33.7 Å². The highest BCUT2D eigenvalue weighted by Crippen LogP contribution is 2.41. The molecule has 8 heteroatoms. The molecule has 0 aliphatic heterocycles. The Morgan fingerprint density at radius 2 is 1.75 bits per heavy atom. The first-order valence-electron chi connectivity index (χ1n) is 10.1. The van der Waals surface area contributed by atoms with Crippen LogP contribution < -0.4 is 10.6 Å². The summed E-state index contributed by atoms with van der Waals surface area (Å²) in [7, 11) is 0. The van der Waals surface area contributed by atoms with Gasteiger partial charge in [0, 0.05) is 21.8 Å². The van der Waals surface area contributed by atoms with Crippen molar-refractivity contribution in [1.82, 2.24) is 9.97 Å². The second-order valence-electron chi connectivity index (χ2n) is 7.56. The molecule has 0 aliphatic rings. The molecule has 1 atom stereocenters. The molecule has 0 saturated heterocycles. The van der Waals surface area contributed by atoms with Gasteiger partial charge < -0.3 is 15.1 Å². The van der Waals surface area contributed by atoms with E-state index in [1.807, 2.05) is 33.8 Å². The average molecular weight is 451 g/mol. The van der Waals surface area contributed by atoms with Gasteiger partial charge in [0.05, 0.1) is 12.3 Å². The number of thiophene rings is 1. The summed E-state index contributed by atoms with van der Waals surface area (Å²) in [5.41, 5.74) is 4.39. The van der Waals surface area contributed by atoms with E-state index in [-0.39, 0.29) is 17.5 Å². The van der Waals surface area contributed by atoms with Crippen molar-refractivity contribution in [2.75, 3.05) is 10.6 Å². The van der Waals surface area contributed by atoms with E-state index in [0.29, 0.717) is 10.9 Å². The largest absolute Gasteiger partial charge is 0.459 e. The summed E-state index contributed by atoms with van der Waals surface area (Å²) in [5, 5.41) is 7.07. The van der Waals surface area contributed by atoms with Crippen LogP contribution in [0.5, 0.6) is 0 Å². The summed E-state index contributed by atoms with van der Waals surface area (Å²) >= 11 is 1.48. The number of aromatic nitrogens is 2. The Labute approximate surface area is 189 Å². The minimum Gasteiger partial charge on any atom is -0.459 e. The molecule has 164 valence electrons. The van der Waals surface area contributed by atoms with Gasteiger partial charge >= 0.3 is 0 Å². The summed E-state index contributed by atoms with van der Waals surface area (Å²) in [6.45, 7) is 7.81. The lowest BCUT2D eigenvalue weighted by Crippen LogP contribution is -2.18. The maximum atomic E-state index is 13.7. The molecule has 1 aromatic carbocycles. The third-order valence-electron chi connectivity index (χ3n) is 5.15. The first-order valence-corrected chi connectivity index (χ1v) is 10.9. The zero-order chi connectivity index (χ0) is 22.8. The number of rotatable bonds is 6. The number of anilines is 2. The van der Waals surface area contributed by atoms with E-state index in [0.717, 1.165) is 33.0 Å². The molecule has 0 aliphatic carbocycles. The van der Waals surface area contributed by atoms with Crippen molar-refractivity contribution in [3.05, 3.63) is 93.3 Å². The van der Waals surface area contributed by atoms with E-state index in [4.69, 9.17) is 4.42 Å². The first kappa shape index (κ1) is 21.7. The van der Waals surface area contributed by atoms with Gasteiger partial charge in [-0.1, -0.05) is 12.1 Å². The molecule has 3 aromatic heterocycles. The minimum absolute atomic E-state index is 0.226. The number of hydrogen-bond donors (Lipinski definition) is 2. The molecule has 0 spiro atoms. The number of nitrogens with zero attached hydrogens (tertiary/aromatic N) is 2. The second-order valence-corrected chi connectivity index (χ2v) is 8.79. The average Bonchev–Trinajstić information content (AvgIpc) is 3.36. The van der Waals surface area contributed by atoms with Crippen LogP contribution in [0.4, 0.5) is 15.3 Å². The molecule has 1 amide bonds. The minimum atomic E-state index is -0.409. The van der Waals surface area contributed by atoms with Crippen LogP contribution in [0.3, 0.4) is 0 Å². The van der Waals surface area contributed by atoms with Crippen molar-refractivity contribution in [1.29, 1.82) is 0 Å². The Morgan fingerprint density at radius 1 is 1.06 bits per heavy atom. The number of amides is 1. The number of halogens is 1. The molecular formula is C24H23FN4O2S. The molecule has 4 aromatic rings. The Hall–Kier alpha value is -3.52. The Balaban J connectivity index is 1.80. The molecule has 2 N–H and O–H groups in total. The third-order valence-corrected chi connectivity index (χ3v) is 6.29. The summed E-state index contributed by atoms with van der Waals surface area (Å²) < 4.78 is 18.9. The van der Waals surface area contributed by atoms with Crippen molar-refractivity contribution < 1.29 is 13.6 Å². The monoisotopic (exact) mass is 450 g/mol. The third kappa shape index (κ3) is 4.55. The number of aryl methyl sites for hydroxylation is 3. The van der Waals surface area contributed by atoms with Crippen LogP contribution in [0.1, 0.15) is 49.6 Å². The predicted molar refractivity (Wildman–Crippen MR) is 124 cm³/mol. The quantitative estimate of drug-likeness (QED) is 0.379. The molecule has 0 fully saturated rings. The number of nitrogens with one attached hydrogen (secondary N) is 2. The summed E-state index contributed by atoms with van der Waals surface area (Å²) in [6.07, 6.45) is 1.46. The SMILES string of the molecule is Cc1cc(C)nc(NC(c2ccc(F)cc2)c2c(NC(=O)c3ccco3)sc(C)c2C)n1. The van der Waals surface area contributed by atoms with E-state index in [9.17, 15) is 9.18 Å². The fraction of sp³-hybridized carbons (Fsp3) is 0.208. The number of hydrogen-bond acceptors (Lipinski definition) is 6. The highest BCUT2D eigenvalue weighted by Gasteiger charge is 2.26. The lowest BCUT2D eigenvalue weighted by atomic mass is 9.96. The van der Waals surface area contributed by atoms with E-state index in [1.165, 1.54) is 29.7 Å². The molecule has 1 unspecified atom stereocenters. The highest BCUT2D eigenvalue weighted by atomic mass is 32.1. The van der Waals surface area contributed by atoms with Crippen molar-refractivity contribution >= 4 is 28.2 Å². The van der Waals surface area contributed by atoms with Crippen LogP contribution >= 0.6 is 11.3 Å². The van der Waals surface area contributed by atoms with Gasteiger partial charge in [0.2, 0.25) is 5.95 Å². The Morgan fingerprint density at radius 3 is 2.38 bits per heavy atom. The first-order chi connectivity index (χ1) is 15.3. The van der Waals surface area contributed by atoms with Crippen LogP contribution in [-0.2, 0) is 0 Å². The van der Waals surface area contributed by atoms with Gasteiger partial charge in [-0.2, -0.15) is 0 Å². The number of carbonyl (C=O) groups excluding carboxylic acids is 1. The Bertz CT molecular complexity index is 1230. The smallest absolute Gasteiger partial charge is 0.291 e. The standard InChI is InChI=1S/C24H23FN4O2S/c1-13-12-14(2)27-24(26-13)28-21(17-7-9-18(25)10-8-17)20-15(3)16(4)32-23(20)29-22(30)19-6-5-11-31-19/h5-12,21H,1-4H3,(H,29,30)(H,26,27,28). The van der Waals surface area contributed by atoms with E-state index < -0.39 is 6.04 Å². The van der Waals surface area contributed by atoms with Gasteiger partial charge in [-0.3, -0.25) is 4.79 Å². The zero-order valence-corrected chi connectivity index (χ0v) is 19.0. The van der Waals surface area contributed by atoms with Gasteiger partial charge in [-0.15, -0.1) is 11.3 Å². The second kappa shape index (κ2) is 8.92. The fourth-order valence-electron chi connectivity index (χ4n) is 3.55. The molecule has 3 heterocycles. The summed E-state index contributed by atoms with van der Waals surface area (Å²) in [6, 6.07) is 11.0. The zero-order valence-electron chi connectivity index (χ0n) is 18.2. The van der Waals surface area contributed by atoms with E-state index in [1.54, 1.807) is 24.3 Å². The lowest BCUT2D eigenvalue weighted by molar-refractivity contribution is 0.0997. The topological polar surface area (TPSA) is 80.0 Å². The molecule has 0 radical (unpaired) electrons. The lowest BCUT2D eigenvalue weighted by Gasteiger charge is -2.22. The van der Waals surface area contributed by atoms with Crippen LogP contribution in [0, 0.1) is 33.5 Å². The van der Waals surface area contributed by atoms with Gasteiger partial charge in [0.15, 0.2) is 5.76 Å². The fourth-order valence-corrected chi connectivity index (χ4v) is 4.65. The maximum Gasteiger partial charge on any atom is 0.291 e. The molecule has 4 rings (SSSR count). The molecule has 6 nitrogen and oxygen atoms in total. The molecule has 32 heavy (non-hydrogen) atoms. The van der Waals surface area contributed by atoms with E-state index in [2.05, 4.69) is 20.6 Å². The number of benzene rings is 1. The van der Waals surface area contributed by atoms with Gasteiger partial charge in [-0.05, 0) is 69.2 Å². The van der Waals surface area contributed by atoms with Gasteiger partial charge in [0.25, 0.3) is 5.91 Å². The van der Waals surface area contributed by atoms with Crippen LogP contribution in [0.25, 0.3) is 0 Å². The Kier molecular flexibility index (Phi) is 6.05. The molecule has 0 bridgehead atoms. The highest BCUT2D eigenvalue weighted by molar-refractivity contribution is 7.16. The normalized spacial score (nSPS) is 11.9. The van der Waals surface area contributed by atoms with Gasteiger partial charge in [-0.25, -0.2) is 14.4 Å². The predicted octanol–water partition coefficient (Wildman–Crippen LogP) is 5.96. The van der Waals surface area contributed by atoms with Crippen molar-refractivity contribution in [3.63, 3.8) is 0 Å². The van der Waals surface area contributed by atoms with Crippen molar-refractivity contribution in [2.24, 2.45) is 0 Å². The number of furan rings is 1. The number of carbonyl (C=O) groups is 1. The van der Waals surface area contributed by atoms with E-state index >= 15 is 0 Å². The van der Waals surface area contributed by atoms with Gasteiger partial charge in [0.1, 0.15) is 10.8 Å². The van der Waals surface area contributed by atoms with Crippen LogP contribution in [0.2, 0.25) is 0 Å². The summed E-state index contributed by atoms with van der Waals surface area (Å²) in [5.74, 6) is 0.0321. The molecular weight excluding hydrogens is 427 g/mol.